The van der Waals surface area contributed by atoms with E-state index >= 15 is 0 Å². The fourth-order valence-corrected chi connectivity index (χ4v) is 2.20. The van der Waals surface area contributed by atoms with Crippen LogP contribution >= 0.6 is 23.2 Å². The number of hydrogen-bond acceptors (Lipinski definition) is 2. The summed E-state index contributed by atoms with van der Waals surface area (Å²) in [4.78, 5) is 13.6. The summed E-state index contributed by atoms with van der Waals surface area (Å²) in [6.45, 7) is 0.357. The van der Waals surface area contributed by atoms with Crippen LogP contribution in [0.1, 0.15) is 5.56 Å². The molecule has 0 unspecified atom stereocenters. The second-order valence-corrected chi connectivity index (χ2v) is 5.49. The molecule has 0 bridgehead atoms. The van der Waals surface area contributed by atoms with Crippen LogP contribution in [0.15, 0.2) is 42.5 Å². The number of anilines is 2. The number of nitrogens with two attached hydrogens (primary N) is 1. The zero-order valence-electron chi connectivity index (χ0n) is 11.4. The molecule has 2 amide bonds. The Kier molecular flexibility index (Phi) is 4.94. The molecular weight excluding hydrogens is 309 g/mol. The molecule has 0 radical (unpaired) electrons. The van der Waals surface area contributed by atoms with Crippen molar-refractivity contribution in [3.8, 4) is 0 Å². The summed E-state index contributed by atoms with van der Waals surface area (Å²) in [5.74, 6) is 0. The van der Waals surface area contributed by atoms with Gasteiger partial charge in [0.1, 0.15) is 0 Å². The van der Waals surface area contributed by atoms with Crippen LogP contribution in [0.2, 0.25) is 10.0 Å². The summed E-state index contributed by atoms with van der Waals surface area (Å²) >= 11 is 12.0. The van der Waals surface area contributed by atoms with Gasteiger partial charge in [-0.25, -0.2) is 4.79 Å². The minimum Gasteiger partial charge on any atom is -0.399 e. The molecule has 2 aromatic rings. The quantitative estimate of drug-likeness (QED) is 0.830. The molecule has 21 heavy (non-hydrogen) atoms. The number of hydrogen-bond donors (Lipinski definition) is 2. The van der Waals surface area contributed by atoms with E-state index in [4.69, 9.17) is 28.9 Å². The van der Waals surface area contributed by atoms with Gasteiger partial charge in [0.15, 0.2) is 0 Å². The third-order valence-corrected chi connectivity index (χ3v) is 3.50. The highest BCUT2D eigenvalue weighted by atomic mass is 35.5. The third kappa shape index (κ3) is 4.28. The van der Waals surface area contributed by atoms with E-state index in [-0.39, 0.29) is 6.03 Å². The average molecular weight is 324 g/mol. The summed E-state index contributed by atoms with van der Waals surface area (Å²) < 4.78 is 0. The van der Waals surface area contributed by atoms with Gasteiger partial charge in [0.2, 0.25) is 0 Å². The maximum atomic E-state index is 12.1. The Morgan fingerprint density at radius 1 is 1.24 bits per heavy atom. The minimum atomic E-state index is -0.254. The van der Waals surface area contributed by atoms with E-state index in [1.807, 2.05) is 0 Å². The van der Waals surface area contributed by atoms with E-state index in [9.17, 15) is 4.79 Å². The average Bonchev–Trinajstić information content (AvgIpc) is 2.43. The molecule has 0 saturated heterocycles. The van der Waals surface area contributed by atoms with Crippen molar-refractivity contribution in [2.75, 3.05) is 18.1 Å². The van der Waals surface area contributed by atoms with Gasteiger partial charge < -0.3 is 16.0 Å². The molecule has 2 rings (SSSR count). The Labute approximate surface area is 133 Å². The number of nitrogen functional groups attached to an aromatic ring is 1. The summed E-state index contributed by atoms with van der Waals surface area (Å²) in [6, 6.07) is 11.9. The van der Waals surface area contributed by atoms with Crippen molar-refractivity contribution in [1.29, 1.82) is 0 Å². The zero-order chi connectivity index (χ0) is 15.4. The van der Waals surface area contributed by atoms with Crippen LogP contribution < -0.4 is 11.1 Å². The molecule has 0 heterocycles. The van der Waals surface area contributed by atoms with Crippen LogP contribution in [0.5, 0.6) is 0 Å². The Bertz CT molecular complexity index is 661. The Balaban J connectivity index is 2.04. The normalized spacial score (nSPS) is 10.2. The number of rotatable bonds is 3. The SMILES string of the molecule is CN(Cc1cc(N)ccc1Cl)C(=O)Nc1cccc(Cl)c1. The van der Waals surface area contributed by atoms with Crippen molar-refractivity contribution in [2.45, 2.75) is 6.54 Å². The molecule has 0 atom stereocenters. The first-order valence-electron chi connectivity index (χ1n) is 6.27. The summed E-state index contributed by atoms with van der Waals surface area (Å²) in [5, 5.41) is 3.90. The zero-order valence-corrected chi connectivity index (χ0v) is 12.9. The van der Waals surface area contributed by atoms with Crippen LogP contribution in [0.25, 0.3) is 0 Å². The Morgan fingerprint density at radius 2 is 2.00 bits per heavy atom. The van der Waals surface area contributed by atoms with Gasteiger partial charge in [-0.05, 0) is 42.0 Å². The molecule has 0 fully saturated rings. The smallest absolute Gasteiger partial charge is 0.321 e. The number of amides is 2. The fraction of sp³-hybridized carbons (Fsp3) is 0.133. The lowest BCUT2D eigenvalue weighted by Crippen LogP contribution is -2.30. The maximum Gasteiger partial charge on any atom is 0.321 e. The largest absolute Gasteiger partial charge is 0.399 e. The van der Waals surface area contributed by atoms with Gasteiger partial charge in [0.25, 0.3) is 0 Å². The first-order chi connectivity index (χ1) is 9.95. The van der Waals surface area contributed by atoms with Crippen LogP contribution in [0, 0.1) is 0 Å². The third-order valence-electron chi connectivity index (χ3n) is 2.90. The van der Waals surface area contributed by atoms with Crippen molar-refractivity contribution < 1.29 is 4.79 Å². The number of benzene rings is 2. The van der Waals surface area contributed by atoms with Crippen molar-refractivity contribution in [3.63, 3.8) is 0 Å². The van der Waals surface area contributed by atoms with Gasteiger partial charge in [0.05, 0.1) is 0 Å². The number of nitrogens with zero attached hydrogens (tertiary/aromatic N) is 1. The minimum absolute atomic E-state index is 0.254. The van der Waals surface area contributed by atoms with Gasteiger partial charge in [-0.1, -0.05) is 29.3 Å². The van der Waals surface area contributed by atoms with Crippen LogP contribution in [-0.2, 0) is 6.54 Å². The fourth-order valence-electron chi connectivity index (χ4n) is 1.83. The number of halogens is 2. The molecule has 0 aliphatic carbocycles. The summed E-state index contributed by atoms with van der Waals surface area (Å²) in [5.41, 5.74) is 7.77. The number of carbonyl (C=O) groups is 1. The number of carbonyl (C=O) groups excluding carboxylic acids is 1. The van der Waals surface area contributed by atoms with E-state index in [0.29, 0.717) is 28.0 Å². The molecule has 0 saturated carbocycles. The first kappa shape index (κ1) is 15.5. The van der Waals surface area contributed by atoms with E-state index < -0.39 is 0 Å². The Morgan fingerprint density at radius 3 is 2.71 bits per heavy atom. The summed E-state index contributed by atoms with van der Waals surface area (Å²) in [6.07, 6.45) is 0. The van der Waals surface area contributed by atoms with Crippen LogP contribution in [0.4, 0.5) is 16.2 Å². The monoisotopic (exact) mass is 323 g/mol. The van der Waals surface area contributed by atoms with Gasteiger partial charge in [-0.2, -0.15) is 0 Å². The van der Waals surface area contributed by atoms with Crippen molar-refractivity contribution in [3.05, 3.63) is 58.1 Å². The maximum absolute atomic E-state index is 12.1. The molecule has 0 aliphatic heterocycles. The van der Waals surface area contributed by atoms with Crippen molar-refractivity contribution in [1.82, 2.24) is 4.90 Å². The molecule has 3 N–H and O–H groups in total. The Hall–Kier alpha value is -1.91. The molecule has 4 nitrogen and oxygen atoms in total. The molecule has 0 aliphatic rings. The molecule has 0 aromatic heterocycles. The van der Waals surface area contributed by atoms with Crippen molar-refractivity contribution >= 4 is 40.6 Å². The predicted molar refractivity (Wildman–Crippen MR) is 87.8 cm³/mol. The summed E-state index contributed by atoms with van der Waals surface area (Å²) in [7, 11) is 1.68. The lowest BCUT2D eigenvalue weighted by Gasteiger charge is -2.19. The van der Waals surface area contributed by atoms with E-state index in [0.717, 1.165) is 5.56 Å². The van der Waals surface area contributed by atoms with E-state index in [1.54, 1.807) is 49.5 Å². The molecule has 110 valence electrons. The molecular formula is C15H15Cl2N3O. The number of urea groups is 1. The van der Waals surface area contributed by atoms with Gasteiger partial charge >= 0.3 is 6.03 Å². The van der Waals surface area contributed by atoms with Gasteiger partial charge in [-0.3, -0.25) is 0 Å². The first-order valence-corrected chi connectivity index (χ1v) is 7.03. The van der Waals surface area contributed by atoms with Gasteiger partial charge in [0, 0.05) is 35.0 Å². The topological polar surface area (TPSA) is 58.4 Å². The molecule has 0 spiro atoms. The van der Waals surface area contributed by atoms with Crippen LogP contribution in [0.3, 0.4) is 0 Å². The standard InChI is InChI=1S/C15H15Cl2N3O/c1-20(9-10-7-12(18)5-6-14(10)17)15(21)19-13-4-2-3-11(16)8-13/h2-8H,9,18H2,1H3,(H,19,21). The molecule has 6 heteroatoms. The van der Waals surface area contributed by atoms with Gasteiger partial charge in [-0.15, -0.1) is 0 Å². The lowest BCUT2D eigenvalue weighted by atomic mass is 10.2. The van der Waals surface area contributed by atoms with Crippen LogP contribution in [-0.4, -0.2) is 18.0 Å². The van der Waals surface area contributed by atoms with E-state index in [2.05, 4.69) is 5.32 Å². The van der Waals surface area contributed by atoms with E-state index in [1.165, 1.54) is 4.90 Å². The highest BCUT2D eigenvalue weighted by Gasteiger charge is 2.11. The second kappa shape index (κ2) is 6.70. The second-order valence-electron chi connectivity index (χ2n) is 4.65. The molecule has 2 aromatic carbocycles. The highest BCUT2D eigenvalue weighted by molar-refractivity contribution is 6.31. The number of nitrogens with one attached hydrogen (secondary N) is 1. The van der Waals surface area contributed by atoms with Crippen molar-refractivity contribution in [2.24, 2.45) is 0 Å². The highest BCUT2D eigenvalue weighted by Crippen LogP contribution is 2.21. The predicted octanol–water partition coefficient (Wildman–Crippen LogP) is 4.24. The lowest BCUT2D eigenvalue weighted by molar-refractivity contribution is 0.220.